The summed E-state index contributed by atoms with van der Waals surface area (Å²) in [6, 6.07) is 5.57. The highest BCUT2D eigenvalue weighted by Crippen LogP contribution is 2.10. The standard InChI is InChI=1S/C17H21N5O2/c1-13-5-2-7-19-16(13)21-12-14(11-18)17(24)20-8-4-10-22-9-3-6-15(22)23/h2,5,7,12H,3-4,6,8-10H2,1H3,(H,19,21)(H,20,24)/b14-12-. The van der Waals surface area contributed by atoms with Crippen molar-refractivity contribution in [3.63, 3.8) is 0 Å². The third kappa shape index (κ3) is 4.81. The summed E-state index contributed by atoms with van der Waals surface area (Å²) < 4.78 is 0. The van der Waals surface area contributed by atoms with E-state index in [1.807, 2.05) is 25.1 Å². The molecule has 2 rings (SSSR count). The van der Waals surface area contributed by atoms with Crippen LogP contribution in [0.1, 0.15) is 24.8 Å². The van der Waals surface area contributed by atoms with Gasteiger partial charge in [-0.15, -0.1) is 0 Å². The predicted molar refractivity (Wildman–Crippen MR) is 89.7 cm³/mol. The molecule has 0 spiro atoms. The van der Waals surface area contributed by atoms with Crippen LogP contribution in [0, 0.1) is 18.3 Å². The summed E-state index contributed by atoms with van der Waals surface area (Å²) in [6.07, 6.45) is 5.18. The van der Waals surface area contributed by atoms with Crippen molar-refractivity contribution >= 4 is 17.6 Å². The zero-order valence-corrected chi connectivity index (χ0v) is 13.7. The first-order valence-corrected chi connectivity index (χ1v) is 7.96. The van der Waals surface area contributed by atoms with E-state index in [2.05, 4.69) is 15.6 Å². The minimum absolute atomic E-state index is 0.0164. The Labute approximate surface area is 141 Å². The number of pyridine rings is 1. The van der Waals surface area contributed by atoms with Crippen molar-refractivity contribution in [1.29, 1.82) is 5.26 Å². The number of likely N-dealkylation sites (tertiary alicyclic amines) is 1. The molecule has 1 fully saturated rings. The first kappa shape index (κ1) is 17.5. The van der Waals surface area contributed by atoms with Crippen LogP contribution in [0.25, 0.3) is 0 Å². The smallest absolute Gasteiger partial charge is 0.263 e. The average Bonchev–Trinajstić information content (AvgIpc) is 2.99. The molecule has 2 N–H and O–H groups in total. The lowest BCUT2D eigenvalue weighted by Crippen LogP contribution is -2.31. The molecule has 24 heavy (non-hydrogen) atoms. The van der Waals surface area contributed by atoms with Gasteiger partial charge >= 0.3 is 0 Å². The average molecular weight is 327 g/mol. The van der Waals surface area contributed by atoms with E-state index in [0.717, 1.165) is 18.5 Å². The molecule has 1 aromatic heterocycles. The first-order valence-electron chi connectivity index (χ1n) is 7.96. The number of anilines is 1. The number of nitriles is 1. The normalized spacial score (nSPS) is 14.4. The van der Waals surface area contributed by atoms with Gasteiger partial charge in [0.1, 0.15) is 17.5 Å². The third-order valence-electron chi connectivity index (χ3n) is 3.79. The number of rotatable bonds is 7. The Morgan fingerprint density at radius 1 is 1.54 bits per heavy atom. The molecule has 126 valence electrons. The van der Waals surface area contributed by atoms with Gasteiger partial charge in [-0.2, -0.15) is 5.26 Å². The topological polar surface area (TPSA) is 98.1 Å². The monoisotopic (exact) mass is 327 g/mol. The number of aromatic nitrogens is 1. The van der Waals surface area contributed by atoms with Crippen molar-refractivity contribution in [3.05, 3.63) is 35.7 Å². The summed E-state index contributed by atoms with van der Waals surface area (Å²) in [6.45, 7) is 3.73. The molecular formula is C17H21N5O2. The minimum atomic E-state index is -0.439. The van der Waals surface area contributed by atoms with Gasteiger partial charge in [-0.05, 0) is 31.4 Å². The lowest BCUT2D eigenvalue weighted by Gasteiger charge is -2.15. The molecule has 0 aromatic carbocycles. The lowest BCUT2D eigenvalue weighted by molar-refractivity contribution is -0.127. The summed E-state index contributed by atoms with van der Waals surface area (Å²) >= 11 is 0. The Bertz CT molecular complexity index is 678. The number of hydrogen-bond donors (Lipinski definition) is 2. The fourth-order valence-electron chi connectivity index (χ4n) is 2.43. The van der Waals surface area contributed by atoms with Crippen LogP contribution < -0.4 is 10.6 Å². The van der Waals surface area contributed by atoms with Gasteiger partial charge in [-0.1, -0.05) is 6.07 Å². The van der Waals surface area contributed by atoms with Crippen LogP contribution in [0.3, 0.4) is 0 Å². The first-order chi connectivity index (χ1) is 11.6. The van der Waals surface area contributed by atoms with Crippen LogP contribution in [0.15, 0.2) is 30.1 Å². The predicted octanol–water partition coefficient (Wildman–Crippen LogP) is 1.34. The van der Waals surface area contributed by atoms with Gasteiger partial charge in [0.05, 0.1) is 0 Å². The maximum Gasteiger partial charge on any atom is 0.263 e. The largest absolute Gasteiger partial charge is 0.351 e. The van der Waals surface area contributed by atoms with E-state index >= 15 is 0 Å². The second-order valence-corrected chi connectivity index (χ2v) is 5.58. The molecule has 7 heteroatoms. The Morgan fingerprint density at radius 3 is 3.04 bits per heavy atom. The van der Waals surface area contributed by atoms with E-state index < -0.39 is 5.91 Å². The maximum absolute atomic E-state index is 12.0. The highest BCUT2D eigenvalue weighted by molar-refractivity contribution is 5.97. The minimum Gasteiger partial charge on any atom is -0.351 e. The number of nitrogens with zero attached hydrogens (tertiary/aromatic N) is 3. The summed E-state index contributed by atoms with van der Waals surface area (Å²) in [7, 11) is 0. The van der Waals surface area contributed by atoms with Crippen LogP contribution in [-0.2, 0) is 9.59 Å². The molecule has 1 aliphatic heterocycles. The number of amides is 2. The van der Waals surface area contributed by atoms with Gasteiger partial charge in [-0.25, -0.2) is 4.98 Å². The second-order valence-electron chi connectivity index (χ2n) is 5.58. The molecular weight excluding hydrogens is 306 g/mol. The van der Waals surface area contributed by atoms with Crippen LogP contribution in [0.2, 0.25) is 0 Å². The van der Waals surface area contributed by atoms with Gasteiger partial charge < -0.3 is 15.5 Å². The molecule has 0 saturated carbocycles. The van der Waals surface area contributed by atoms with E-state index in [9.17, 15) is 9.59 Å². The molecule has 7 nitrogen and oxygen atoms in total. The van der Waals surface area contributed by atoms with Gasteiger partial charge in [0.15, 0.2) is 0 Å². The van der Waals surface area contributed by atoms with Crippen molar-refractivity contribution in [2.24, 2.45) is 0 Å². The molecule has 0 aliphatic carbocycles. The number of hydrogen-bond acceptors (Lipinski definition) is 5. The summed E-state index contributed by atoms with van der Waals surface area (Å²) in [5.74, 6) is 0.339. The Morgan fingerprint density at radius 2 is 2.38 bits per heavy atom. The number of carbonyl (C=O) groups excluding carboxylic acids is 2. The van der Waals surface area contributed by atoms with Crippen LogP contribution in [-0.4, -0.2) is 41.3 Å². The maximum atomic E-state index is 12.0. The van der Waals surface area contributed by atoms with Crippen molar-refractivity contribution in [1.82, 2.24) is 15.2 Å². The highest BCUT2D eigenvalue weighted by atomic mass is 16.2. The van der Waals surface area contributed by atoms with Crippen molar-refractivity contribution in [2.45, 2.75) is 26.2 Å². The number of aryl methyl sites for hydroxylation is 1. The van der Waals surface area contributed by atoms with Crippen molar-refractivity contribution in [3.8, 4) is 6.07 Å². The zero-order chi connectivity index (χ0) is 17.4. The van der Waals surface area contributed by atoms with Crippen LogP contribution >= 0.6 is 0 Å². The van der Waals surface area contributed by atoms with Crippen molar-refractivity contribution in [2.75, 3.05) is 25.0 Å². The van der Waals surface area contributed by atoms with Crippen LogP contribution in [0.4, 0.5) is 5.82 Å². The summed E-state index contributed by atoms with van der Waals surface area (Å²) in [4.78, 5) is 29.4. The molecule has 2 amide bonds. The Kier molecular flexibility index (Phi) is 6.32. The SMILES string of the molecule is Cc1cccnc1N/C=C(/C#N)C(=O)NCCCN1CCCC1=O. The molecule has 1 saturated heterocycles. The zero-order valence-electron chi connectivity index (χ0n) is 13.7. The number of nitrogens with one attached hydrogen (secondary N) is 2. The van der Waals surface area contributed by atoms with E-state index in [4.69, 9.17) is 5.26 Å². The highest BCUT2D eigenvalue weighted by Gasteiger charge is 2.19. The van der Waals surface area contributed by atoms with E-state index in [1.54, 1.807) is 11.1 Å². The molecule has 1 aromatic rings. The fourth-order valence-corrected chi connectivity index (χ4v) is 2.43. The lowest BCUT2D eigenvalue weighted by atomic mass is 10.2. The van der Waals surface area contributed by atoms with E-state index in [0.29, 0.717) is 31.7 Å². The summed E-state index contributed by atoms with van der Waals surface area (Å²) in [5.41, 5.74) is 0.902. The molecule has 1 aliphatic rings. The van der Waals surface area contributed by atoms with Gasteiger partial charge in [0.2, 0.25) is 5.91 Å². The molecule has 0 radical (unpaired) electrons. The third-order valence-corrected chi connectivity index (χ3v) is 3.79. The van der Waals surface area contributed by atoms with E-state index in [-0.39, 0.29) is 11.5 Å². The molecule has 0 unspecified atom stereocenters. The molecule has 0 bridgehead atoms. The van der Waals surface area contributed by atoms with E-state index in [1.165, 1.54) is 6.20 Å². The van der Waals surface area contributed by atoms with Gasteiger partial charge in [-0.3, -0.25) is 9.59 Å². The van der Waals surface area contributed by atoms with Gasteiger partial charge in [0.25, 0.3) is 5.91 Å². The molecule has 0 atom stereocenters. The quantitative estimate of drug-likeness (QED) is 0.447. The number of carbonyl (C=O) groups is 2. The van der Waals surface area contributed by atoms with Crippen molar-refractivity contribution < 1.29 is 9.59 Å². The Hall–Kier alpha value is -2.88. The second kappa shape index (κ2) is 8.67. The van der Waals surface area contributed by atoms with Gasteiger partial charge in [0, 0.05) is 38.5 Å². The molecule has 2 heterocycles. The summed E-state index contributed by atoms with van der Waals surface area (Å²) in [5, 5.41) is 14.7. The Balaban J connectivity index is 1.78. The van der Waals surface area contributed by atoms with Crippen LogP contribution in [0.5, 0.6) is 0 Å². The fraction of sp³-hybridized carbons (Fsp3) is 0.412.